The summed E-state index contributed by atoms with van der Waals surface area (Å²) in [6, 6.07) is 14.6. The number of sulfonamides is 1. The van der Waals surface area contributed by atoms with E-state index in [0.717, 1.165) is 14.9 Å². The van der Waals surface area contributed by atoms with Crippen molar-refractivity contribution < 1.29 is 8.42 Å². The van der Waals surface area contributed by atoms with Crippen LogP contribution < -0.4 is 0 Å². The van der Waals surface area contributed by atoms with E-state index < -0.39 is 10.0 Å². The number of hydrogen-bond donors (Lipinski definition) is 0. The quantitative estimate of drug-likeness (QED) is 0.730. The molecule has 2 rings (SSSR count). The number of benzene rings is 2. The normalized spacial score (nSPS) is 11.8. The van der Waals surface area contributed by atoms with E-state index in [-0.39, 0.29) is 0 Å². The Morgan fingerprint density at radius 1 is 1.05 bits per heavy atom. The van der Waals surface area contributed by atoms with Crippen molar-refractivity contribution in [3.8, 4) is 0 Å². The molecule has 0 saturated carbocycles. The fourth-order valence-electron chi connectivity index (χ4n) is 1.86. The highest BCUT2D eigenvalue weighted by molar-refractivity contribution is 9.10. The van der Waals surface area contributed by atoms with Crippen molar-refractivity contribution in [2.45, 2.75) is 16.3 Å². The first kappa shape index (κ1) is 16.5. The molecule has 0 radical (unpaired) electrons. The summed E-state index contributed by atoms with van der Waals surface area (Å²) in [6.07, 6.45) is 2.01. The maximum atomic E-state index is 12.5. The minimum Gasteiger partial charge on any atom is -0.207 e. The Bertz CT molecular complexity index is 697. The second-order valence-electron chi connectivity index (χ2n) is 4.56. The van der Waals surface area contributed by atoms with E-state index in [1.807, 2.05) is 30.5 Å². The van der Waals surface area contributed by atoms with Crippen molar-refractivity contribution in [3.63, 3.8) is 0 Å². The van der Waals surface area contributed by atoms with Gasteiger partial charge in [0.05, 0.1) is 4.90 Å². The first-order valence-corrected chi connectivity index (χ1v) is 9.74. The molecule has 2 aromatic carbocycles. The molecule has 0 bridgehead atoms. The summed E-state index contributed by atoms with van der Waals surface area (Å²) in [5, 5.41) is 0. The van der Waals surface area contributed by atoms with Crippen LogP contribution in [0.4, 0.5) is 0 Å². The molecule has 21 heavy (non-hydrogen) atoms. The van der Waals surface area contributed by atoms with Crippen LogP contribution in [0.1, 0.15) is 5.56 Å². The van der Waals surface area contributed by atoms with Gasteiger partial charge < -0.3 is 0 Å². The first-order chi connectivity index (χ1) is 9.93. The number of thioether (sulfide) groups is 1. The van der Waals surface area contributed by atoms with E-state index in [0.29, 0.717) is 11.4 Å². The molecule has 0 atom stereocenters. The highest BCUT2D eigenvalue weighted by atomic mass is 79.9. The van der Waals surface area contributed by atoms with Crippen LogP contribution in [0.5, 0.6) is 0 Å². The molecule has 0 N–H and O–H groups in total. The molecule has 0 heterocycles. The molecular formula is C15H16BrNO2S2. The Hall–Kier alpha value is -0.820. The van der Waals surface area contributed by atoms with Gasteiger partial charge in [0.15, 0.2) is 0 Å². The molecule has 0 unspecified atom stereocenters. The van der Waals surface area contributed by atoms with Crippen molar-refractivity contribution in [3.05, 3.63) is 58.6 Å². The number of halogens is 1. The second-order valence-corrected chi connectivity index (χ2v) is 8.40. The van der Waals surface area contributed by atoms with Crippen LogP contribution in [0.25, 0.3) is 0 Å². The smallest absolute Gasteiger partial charge is 0.207 e. The Morgan fingerprint density at radius 2 is 1.62 bits per heavy atom. The lowest BCUT2D eigenvalue weighted by Gasteiger charge is -2.17. The van der Waals surface area contributed by atoms with Gasteiger partial charge in [0, 0.05) is 23.0 Å². The Labute approximate surface area is 138 Å². The van der Waals surface area contributed by atoms with E-state index in [9.17, 15) is 8.42 Å². The summed E-state index contributed by atoms with van der Waals surface area (Å²) in [5.41, 5.74) is 0.969. The van der Waals surface area contributed by atoms with Gasteiger partial charge in [-0.2, -0.15) is 4.31 Å². The molecule has 0 aliphatic rings. The SMILES string of the molecule is CSc1ccc(CN(C)S(=O)(=O)c2ccc(Br)cc2)cc1. The third kappa shape index (κ3) is 4.10. The molecule has 0 aliphatic carbocycles. The highest BCUT2D eigenvalue weighted by Crippen LogP contribution is 2.20. The predicted molar refractivity (Wildman–Crippen MR) is 91.0 cm³/mol. The van der Waals surface area contributed by atoms with E-state index >= 15 is 0 Å². The molecule has 0 amide bonds. The molecule has 0 aromatic heterocycles. The molecule has 6 heteroatoms. The number of rotatable bonds is 5. The maximum absolute atomic E-state index is 12.5. The summed E-state index contributed by atoms with van der Waals surface area (Å²) in [7, 11) is -1.87. The zero-order valence-electron chi connectivity index (χ0n) is 11.8. The van der Waals surface area contributed by atoms with E-state index in [4.69, 9.17) is 0 Å². The average molecular weight is 386 g/mol. The second kappa shape index (κ2) is 6.96. The minimum absolute atomic E-state index is 0.300. The number of nitrogens with zero attached hydrogens (tertiary/aromatic N) is 1. The fourth-order valence-corrected chi connectivity index (χ4v) is 3.69. The average Bonchev–Trinajstić information content (AvgIpc) is 2.48. The van der Waals surface area contributed by atoms with Gasteiger partial charge in [-0.1, -0.05) is 28.1 Å². The lowest BCUT2D eigenvalue weighted by atomic mass is 10.2. The van der Waals surface area contributed by atoms with Crippen LogP contribution in [0, 0.1) is 0 Å². The van der Waals surface area contributed by atoms with Crippen molar-refractivity contribution >= 4 is 37.7 Å². The lowest BCUT2D eigenvalue weighted by molar-refractivity contribution is 0.466. The van der Waals surface area contributed by atoms with Crippen molar-refractivity contribution in [1.82, 2.24) is 4.31 Å². The van der Waals surface area contributed by atoms with Gasteiger partial charge in [-0.3, -0.25) is 0 Å². The summed E-state index contributed by atoms with van der Waals surface area (Å²) in [6.45, 7) is 0.354. The zero-order chi connectivity index (χ0) is 15.5. The standard InChI is InChI=1S/C15H16BrNO2S2/c1-17(11-12-3-7-14(20-2)8-4-12)21(18,19)15-9-5-13(16)6-10-15/h3-10H,11H2,1-2H3. The van der Waals surface area contributed by atoms with Crippen molar-refractivity contribution in [2.75, 3.05) is 13.3 Å². The summed E-state index contributed by atoms with van der Waals surface area (Å²) in [4.78, 5) is 1.46. The van der Waals surface area contributed by atoms with Gasteiger partial charge in [-0.05, 0) is 48.2 Å². The molecule has 3 nitrogen and oxygen atoms in total. The van der Waals surface area contributed by atoms with Gasteiger partial charge >= 0.3 is 0 Å². The van der Waals surface area contributed by atoms with Crippen LogP contribution in [0.3, 0.4) is 0 Å². The molecule has 0 fully saturated rings. The highest BCUT2D eigenvalue weighted by Gasteiger charge is 2.20. The third-order valence-electron chi connectivity index (χ3n) is 3.09. The van der Waals surface area contributed by atoms with E-state index in [2.05, 4.69) is 15.9 Å². The molecule has 0 aliphatic heterocycles. The predicted octanol–water partition coefficient (Wildman–Crippen LogP) is 3.99. The van der Waals surface area contributed by atoms with Crippen LogP contribution >= 0.6 is 27.7 Å². The maximum Gasteiger partial charge on any atom is 0.243 e. The Balaban J connectivity index is 2.17. The van der Waals surface area contributed by atoms with E-state index in [1.165, 1.54) is 4.31 Å². The summed E-state index contributed by atoms with van der Waals surface area (Å²) < 4.78 is 27.2. The Morgan fingerprint density at radius 3 is 2.14 bits per heavy atom. The topological polar surface area (TPSA) is 37.4 Å². The molecule has 112 valence electrons. The molecule has 2 aromatic rings. The van der Waals surface area contributed by atoms with Gasteiger partial charge in [0.25, 0.3) is 0 Å². The van der Waals surface area contributed by atoms with Gasteiger partial charge in [0.1, 0.15) is 0 Å². The van der Waals surface area contributed by atoms with Gasteiger partial charge in [0.2, 0.25) is 10.0 Å². The van der Waals surface area contributed by atoms with Gasteiger partial charge in [-0.25, -0.2) is 8.42 Å². The third-order valence-corrected chi connectivity index (χ3v) is 6.18. The fraction of sp³-hybridized carbons (Fsp3) is 0.200. The zero-order valence-corrected chi connectivity index (χ0v) is 15.0. The van der Waals surface area contributed by atoms with Crippen molar-refractivity contribution in [1.29, 1.82) is 0 Å². The van der Waals surface area contributed by atoms with E-state index in [1.54, 1.807) is 43.1 Å². The molecule has 0 spiro atoms. The van der Waals surface area contributed by atoms with Gasteiger partial charge in [-0.15, -0.1) is 11.8 Å². The van der Waals surface area contributed by atoms with Crippen LogP contribution in [-0.2, 0) is 16.6 Å². The van der Waals surface area contributed by atoms with Crippen LogP contribution in [0.2, 0.25) is 0 Å². The monoisotopic (exact) mass is 385 g/mol. The summed E-state index contributed by atoms with van der Waals surface area (Å²) >= 11 is 4.97. The Kier molecular flexibility index (Phi) is 5.48. The number of hydrogen-bond acceptors (Lipinski definition) is 3. The lowest BCUT2D eigenvalue weighted by Crippen LogP contribution is -2.26. The van der Waals surface area contributed by atoms with Crippen LogP contribution in [-0.4, -0.2) is 26.0 Å². The minimum atomic E-state index is -3.46. The molecular weight excluding hydrogens is 370 g/mol. The van der Waals surface area contributed by atoms with Crippen LogP contribution in [0.15, 0.2) is 62.8 Å². The van der Waals surface area contributed by atoms with Crippen molar-refractivity contribution in [2.24, 2.45) is 0 Å². The molecule has 0 saturated heterocycles. The largest absolute Gasteiger partial charge is 0.243 e. The summed E-state index contributed by atoms with van der Waals surface area (Å²) in [5.74, 6) is 0. The first-order valence-electron chi connectivity index (χ1n) is 6.28.